The molecule has 2 rings (SSSR count). The highest BCUT2D eigenvalue weighted by Gasteiger charge is 2.48. The fraction of sp³-hybridized carbons (Fsp3) is 0.500. The first-order valence-corrected chi connectivity index (χ1v) is 10.3. The molecule has 1 unspecified atom stereocenters. The Hall–Kier alpha value is -2.43. The number of alkyl halides is 3. The third-order valence-electron chi connectivity index (χ3n) is 4.48. The molecule has 1 heterocycles. The number of carbonyl (C=O) groups is 3. The molecule has 29 heavy (non-hydrogen) atoms. The maximum absolute atomic E-state index is 13.3. The first-order valence-electron chi connectivity index (χ1n) is 8.75. The standard InChI is InChI=1S/C18H20F3NO6S/c1-3-28-17(25)14-9-12(10-22(14)16(24)8-11(2)23)29(26,27)15-7-5-4-6-13(15)18(19,20)21/h4-7,12,14H,3,8-10H2,1-2H3/t12-,14?/m1/s1. The zero-order valence-electron chi connectivity index (χ0n) is 15.7. The predicted molar refractivity (Wildman–Crippen MR) is 94.5 cm³/mol. The Morgan fingerprint density at radius 1 is 1.21 bits per heavy atom. The summed E-state index contributed by atoms with van der Waals surface area (Å²) in [6, 6.07) is 2.44. The van der Waals surface area contributed by atoms with E-state index in [1.807, 2.05) is 0 Å². The van der Waals surface area contributed by atoms with Crippen LogP contribution in [0.15, 0.2) is 29.2 Å². The molecule has 0 bridgehead atoms. The minimum atomic E-state index is -4.90. The van der Waals surface area contributed by atoms with Gasteiger partial charge in [0.1, 0.15) is 11.8 Å². The van der Waals surface area contributed by atoms with Crippen molar-refractivity contribution in [1.82, 2.24) is 4.90 Å². The first-order chi connectivity index (χ1) is 13.4. The van der Waals surface area contributed by atoms with Gasteiger partial charge in [-0.25, -0.2) is 13.2 Å². The molecular formula is C18H20F3NO6S. The van der Waals surface area contributed by atoms with E-state index >= 15 is 0 Å². The lowest BCUT2D eigenvalue weighted by Crippen LogP contribution is -2.42. The lowest BCUT2D eigenvalue weighted by Gasteiger charge is -2.22. The quantitative estimate of drug-likeness (QED) is 0.501. The molecule has 1 fully saturated rings. The maximum Gasteiger partial charge on any atom is 0.417 e. The summed E-state index contributed by atoms with van der Waals surface area (Å²) in [6.07, 6.45) is -5.87. The SMILES string of the molecule is CCOC(=O)C1C[C@@H](S(=O)(=O)c2ccccc2C(F)(F)F)CN1C(=O)CC(C)=O. The van der Waals surface area contributed by atoms with Crippen LogP contribution in [0, 0.1) is 0 Å². The van der Waals surface area contributed by atoms with Gasteiger partial charge in [0.2, 0.25) is 5.91 Å². The number of ketones is 1. The highest BCUT2D eigenvalue weighted by Crippen LogP contribution is 2.37. The molecule has 0 spiro atoms. The number of ether oxygens (including phenoxy) is 1. The van der Waals surface area contributed by atoms with Crippen molar-refractivity contribution in [2.45, 2.75) is 49.1 Å². The molecule has 160 valence electrons. The van der Waals surface area contributed by atoms with Gasteiger partial charge in [-0.1, -0.05) is 12.1 Å². The van der Waals surface area contributed by atoms with Crippen molar-refractivity contribution < 1.29 is 40.7 Å². The molecule has 0 aliphatic carbocycles. The minimum absolute atomic E-state index is 0.0294. The lowest BCUT2D eigenvalue weighted by molar-refractivity contribution is -0.153. The highest BCUT2D eigenvalue weighted by molar-refractivity contribution is 7.92. The molecule has 0 saturated carbocycles. The predicted octanol–water partition coefficient (Wildman–Crippen LogP) is 1.99. The van der Waals surface area contributed by atoms with Gasteiger partial charge >= 0.3 is 12.1 Å². The van der Waals surface area contributed by atoms with Gasteiger partial charge in [0.15, 0.2) is 9.84 Å². The molecule has 2 atom stereocenters. The number of Topliss-reactive ketones (excluding diaryl/α,β-unsaturated/α-hetero) is 1. The van der Waals surface area contributed by atoms with Gasteiger partial charge in [-0.15, -0.1) is 0 Å². The molecule has 1 saturated heterocycles. The van der Waals surface area contributed by atoms with E-state index in [0.29, 0.717) is 6.07 Å². The molecule has 0 radical (unpaired) electrons. The van der Waals surface area contributed by atoms with E-state index < -0.39 is 74.8 Å². The van der Waals surface area contributed by atoms with Gasteiger partial charge in [0.05, 0.1) is 28.7 Å². The van der Waals surface area contributed by atoms with Crippen LogP contribution >= 0.6 is 0 Å². The fourth-order valence-corrected chi connectivity index (χ4v) is 5.11. The van der Waals surface area contributed by atoms with E-state index in [4.69, 9.17) is 4.74 Å². The van der Waals surface area contributed by atoms with E-state index in [9.17, 15) is 36.0 Å². The number of esters is 1. The Kier molecular flexibility index (Phi) is 6.71. The van der Waals surface area contributed by atoms with Crippen molar-refractivity contribution in [3.8, 4) is 0 Å². The molecule has 1 aliphatic rings. The van der Waals surface area contributed by atoms with Crippen LogP contribution in [0.3, 0.4) is 0 Å². The van der Waals surface area contributed by atoms with E-state index in [2.05, 4.69) is 0 Å². The minimum Gasteiger partial charge on any atom is -0.464 e. The molecule has 7 nitrogen and oxygen atoms in total. The summed E-state index contributed by atoms with van der Waals surface area (Å²) >= 11 is 0. The monoisotopic (exact) mass is 435 g/mol. The number of amides is 1. The number of nitrogens with zero attached hydrogens (tertiary/aromatic N) is 1. The van der Waals surface area contributed by atoms with Gasteiger partial charge in [-0.05, 0) is 32.4 Å². The van der Waals surface area contributed by atoms with E-state index in [1.54, 1.807) is 0 Å². The summed E-state index contributed by atoms with van der Waals surface area (Å²) in [6.45, 7) is 2.13. The number of sulfone groups is 1. The number of rotatable bonds is 6. The van der Waals surface area contributed by atoms with Crippen molar-refractivity contribution in [2.75, 3.05) is 13.2 Å². The number of hydrogen-bond acceptors (Lipinski definition) is 6. The highest BCUT2D eigenvalue weighted by atomic mass is 32.2. The first kappa shape index (κ1) is 22.9. The Balaban J connectivity index is 2.43. The summed E-state index contributed by atoms with van der Waals surface area (Å²) in [5.41, 5.74) is -1.32. The van der Waals surface area contributed by atoms with Crippen LogP contribution in [0.1, 0.15) is 32.3 Å². The van der Waals surface area contributed by atoms with Crippen molar-refractivity contribution in [3.05, 3.63) is 29.8 Å². The van der Waals surface area contributed by atoms with Crippen LogP contribution in [0.4, 0.5) is 13.2 Å². The van der Waals surface area contributed by atoms with E-state index in [0.717, 1.165) is 24.0 Å². The number of likely N-dealkylation sites (tertiary alicyclic amines) is 1. The zero-order valence-corrected chi connectivity index (χ0v) is 16.5. The van der Waals surface area contributed by atoms with Crippen LogP contribution in [0.5, 0.6) is 0 Å². The Labute approximate surface area is 165 Å². The molecule has 1 aliphatic heterocycles. The van der Waals surface area contributed by atoms with Crippen LogP contribution in [0.25, 0.3) is 0 Å². The Morgan fingerprint density at radius 3 is 2.38 bits per heavy atom. The average molecular weight is 435 g/mol. The molecule has 11 heteroatoms. The summed E-state index contributed by atoms with van der Waals surface area (Å²) in [4.78, 5) is 35.8. The summed E-state index contributed by atoms with van der Waals surface area (Å²) in [7, 11) is -4.54. The second-order valence-corrected chi connectivity index (χ2v) is 8.79. The van der Waals surface area contributed by atoms with Crippen molar-refractivity contribution in [3.63, 3.8) is 0 Å². The number of benzene rings is 1. The van der Waals surface area contributed by atoms with E-state index in [1.165, 1.54) is 13.0 Å². The van der Waals surface area contributed by atoms with Crippen molar-refractivity contribution >= 4 is 27.5 Å². The van der Waals surface area contributed by atoms with Crippen LogP contribution in [-0.4, -0.2) is 55.4 Å². The molecular weight excluding hydrogens is 415 g/mol. The van der Waals surface area contributed by atoms with Crippen LogP contribution in [0.2, 0.25) is 0 Å². The van der Waals surface area contributed by atoms with Gasteiger partial charge in [-0.3, -0.25) is 9.59 Å². The smallest absolute Gasteiger partial charge is 0.417 e. The van der Waals surface area contributed by atoms with E-state index in [-0.39, 0.29) is 6.61 Å². The molecule has 0 N–H and O–H groups in total. The maximum atomic E-state index is 13.3. The molecule has 0 aromatic heterocycles. The Bertz CT molecular complexity index is 912. The fourth-order valence-electron chi connectivity index (χ4n) is 3.20. The number of hydrogen-bond donors (Lipinski definition) is 0. The third-order valence-corrected chi connectivity index (χ3v) is 6.67. The van der Waals surface area contributed by atoms with Crippen molar-refractivity contribution in [1.29, 1.82) is 0 Å². The zero-order chi connectivity index (χ0) is 22.0. The second-order valence-electron chi connectivity index (χ2n) is 6.59. The Morgan fingerprint density at radius 2 is 1.83 bits per heavy atom. The van der Waals surface area contributed by atoms with Gasteiger partial charge in [0, 0.05) is 6.54 Å². The summed E-state index contributed by atoms with van der Waals surface area (Å²) in [5, 5.41) is -1.45. The summed E-state index contributed by atoms with van der Waals surface area (Å²) in [5.74, 6) is -2.14. The topological polar surface area (TPSA) is 97.8 Å². The third kappa shape index (κ3) is 4.95. The average Bonchev–Trinajstić information content (AvgIpc) is 3.07. The molecule has 1 aromatic rings. The van der Waals surface area contributed by atoms with Gasteiger partial charge in [0.25, 0.3) is 0 Å². The number of carbonyl (C=O) groups excluding carboxylic acids is 3. The number of halogens is 3. The largest absolute Gasteiger partial charge is 0.464 e. The van der Waals surface area contributed by atoms with Crippen LogP contribution in [-0.2, 0) is 35.1 Å². The molecule has 1 amide bonds. The van der Waals surface area contributed by atoms with Gasteiger partial charge in [-0.2, -0.15) is 13.2 Å². The van der Waals surface area contributed by atoms with Crippen molar-refractivity contribution in [2.24, 2.45) is 0 Å². The normalized spacial score (nSPS) is 19.8. The summed E-state index contributed by atoms with van der Waals surface area (Å²) < 4.78 is 70.6. The lowest BCUT2D eigenvalue weighted by atomic mass is 10.2. The molecule has 1 aromatic carbocycles. The van der Waals surface area contributed by atoms with Crippen LogP contribution < -0.4 is 0 Å². The van der Waals surface area contributed by atoms with Gasteiger partial charge < -0.3 is 9.64 Å². The second kappa shape index (κ2) is 8.52.